The summed E-state index contributed by atoms with van der Waals surface area (Å²) < 4.78 is 76.9. The van der Waals surface area contributed by atoms with Gasteiger partial charge in [0.05, 0.1) is 29.5 Å². The van der Waals surface area contributed by atoms with E-state index >= 15 is 0 Å². The fraction of sp³-hybridized carbons (Fsp3) is 0.562. The van der Waals surface area contributed by atoms with Crippen molar-refractivity contribution in [2.75, 3.05) is 51.9 Å². The van der Waals surface area contributed by atoms with Gasteiger partial charge in [-0.15, -0.1) is 0 Å². The molecule has 2 aliphatic heterocycles. The summed E-state index contributed by atoms with van der Waals surface area (Å²) >= 11 is 0. The van der Waals surface area contributed by atoms with E-state index in [9.17, 15) is 21.6 Å². The number of benzene rings is 1. The first kappa shape index (κ1) is 30.9. The lowest BCUT2D eigenvalue weighted by Crippen LogP contribution is -2.68. The monoisotopic (exact) mass is 632 g/mol. The van der Waals surface area contributed by atoms with Crippen LogP contribution in [0.25, 0.3) is 11.8 Å². The van der Waals surface area contributed by atoms with Gasteiger partial charge in [0.2, 0.25) is 0 Å². The second-order valence-electron chi connectivity index (χ2n) is 12.8. The predicted molar refractivity (Wildman–Crippen MR) is 162 cm³/mol. The molecule has 6 rings (SSSR count). The minimum atomic E-state index is -4.41. The summed E-state index contributed by atoms with van der Waals surface area (Å²) in [5.74, 6) is 5.96. The van der Waals surface area contributed by atoms with Crippen LogP contribution in [0.15, 0.2) is 29.2 Å². The summed E-state index contributed by atoms with van der Waals surface area (Å²) in [7, 11) is -1.34. The third kappa shape index (κ3) is 6.32. The van der Waals surface area contributed by atoms with Crippen LogP contribution in [-0.2, 0) is 21.1 Å². The Bertz CT molecular complexity index is 1700. The zero-order valence-electron chi connectivity index (χ0n) is 25.1. The van der Waals surface area contributed by atoms with Crippen LogP contribution in [-0.4, -0.2) is 87.3 Å². The van der Waals surface area contributed by atoms with E-state index in [0.29, 0.717) is 29.3 Å². The van der Waals surface area contributed by atoms with Gasteiger partial charge < -0.3 is 24.7 Å². The van der Waals surface area contributed by atoms with Crippen molar-refractivity contribution in [2.24, 2.45) is 5.41 Å². The molecule has 12 heteroatoms. The number of sulfone groups is 1. The molecule has 2 N–H and O–H groups in total. The number of hydrogen-bond donors (Lipinski definition) is 1. The lowest BCUT2D eigenvalue weighted by atomic mass is 9.75. The van der Waals surface area contributed by atoms with Gasteiger partial charge in [-0.3, -0.25) is 4.90 Å². The molecule has 0 radical (unpaired) electrons. The van der Waals surface area contributed by atoms with Gasteiger partial charge in [0, 0.05) is 60.2 Å². The lowest BCUT2D eigenvalue weighted by molar-refractivity contribution is -0.200. The maximum Gasteiger partial charge on any atom is 0.406 e. The Morgan fingerprint density at radius 2 is 1.89 bits per heavy atom. The molecule has 0 unspecified atom stereocenters. The molecule has 2 saturated heterocycles. The molecule has 3 fully saturated rings. The molecule has 0 atom stereocenters. The van der Waals surface area contributed by atoms with Crippen molar-refractivity contribution in [3.63, 3.8) is 0 Å². The molecule has 0 bridgehead atoms. The van der Waals surface area contributed by atoms with E-state index in [1.165, 1.54) is 22.8 Å². The highest BCUT2D eigenvalue weighted by molar-refractivity contribution is 7.90. The molecule has 0 amide bonds. The van der Waals surface area contributed by atoms with Gasteiger partial charge in [-0.05, 0) is 68.7 Å². The van der Waals surface area contributed by atoms with Crippen molar-refractivity contribution in [1.29, 1.82) is 0 Å². The smallest absolute Gasteiger partial charge is 0.406 e. The Kier molecular flexibility index (Phi) is 8.18. The maximum atomic E-state index is 13.7. The molecule has 1 aromatic heterocycles. The fourth-order valence-corrected chi connectivity index (χ4v) is 7.78. The first-order chi connectivity index (χ1) is 20.8. The average molecular weight is 633 g/mol. The SMILES string of the molecule is CN(C1=c2cc(C#CCOc3ccc(S(C)(=O)=O)cc3N)n(CC(F)(F)F)c2=CCC1)C1CCC(N2CC3(COC3)C2)CC1. The summed E-state index contributed by atoms with van der Waals surface area (Å²) in [6.07, 6.45) is 4.37. The third-order valence-corrected chi connectivity index (χ3v) is 10.6. The molecule has 1 aromatic carbocycles. The van der Waals surface area contributed by atoms with Gasteiger partial charge in [0.1, 0.15) is 18.9 Å². The molecule has 3 heterocycles. The van der Waals surface area contributed by atoms with Crippen LogP contribution in [0.5, 0.6) is 5.75 Å². The first-order valence-electron chi connectivity index (χ1n) is 15.1. The minimum absolute atomic E-state index is 0.0684. The molecule has 1 spiro atoms. The topological polar surface area (TPSA) is 90.0 Å². The van der Waals surface area contributed by atoms with Crippen LogP contribution in [0, 0.1) is 17.3 Å². The molecule has 2 aliphatic carbocycles. The molecule has 44 heavy (non-hydrogen) atoms. The van der Waals surface area contributed by atoms with E-state index in [-0.39, 0.29) is 28.6 Å². The fourth-order valence-electron chi connectivity index (χ4n) is 7.12. The largest absolute Gasteiger partial charge is 0.479 e. The van der Waals surface area contributed by atoms with Crippen molar-refractivity contribution >= 4 is 27.3 Å². The third-order valence-electron chi connectivity index (χ3n) is 9.48. The Labute approximate surface area is 256 Å². The number of likely N-dealkylation sites (tertiary alicyclic amines) is 1. The predicted octanol–water partition coefficient (Wildman–Crippen LogP) is 2.72. The second-order valence-corrected chi connectivity index (χ2v) is 14.8. The van der Waals surface area contributed by atoms with Crippen molar-refractivity contribution in [2.45, 2.75) is 68.2 Å². The van der Waals surface area contributed by atoms with Crippen LogP contribution < -0.4 is 21.0 Å². The number of halogens is 3. The zero-order chi connectivity index (χ0) is 31.3. The first-order valence-corrected chi connectivity index (χ1v) is 17.0. The Balaban J connectivity index is 1.19. The van der Waals surface area contributed by atoms with E-state index in [1.807, 2.05) is 6.08 Å². The number of anilines is 1. The highest BCUT2D eigenvalue weighted by atomic mass is 32.2. The lowest BCUT2D eigenvalue weighted by Gasteiger charge is -2.58. The van der Waals surface area contributed by atoms with Crippen LogP contribution in [0.1, 0.15) is 44.2 Å². The van der Waals surface area contributed by atoms with Crippen LogP contribution >= 0.6 is 0 Å². The average Bonchev–Trinajstić information content (AvgIpc) is 3.25. The molecular formula is C32H39F3N4O4S. The minimum Gasteiger partial charge on any atom is -0.479 e. The van der Waals surface area contributed by atoms with Gasteiger partial charge in [-0.25, -0.2) is 8.42 Å². The number of nitrogens with zero attached hydrogens (tertiary/aromatic N) is 3. The Hall–Kier alpha value is -3.14. The molecule has 238 valence electrons. The van der Waals surface area contributed by atoms with Crippen molar-refractivity contribution < 1.29 is 31.1 Å². The number of nitrogen functional groups attached to an aromatic ring is 1. The van der Waals surface area contributed by atoms with Gasteiger partial charge >= 0.3 is 6.18 Å². The summed E-state index contributed by atoms with van der Waals surface area (Å²) in [4.78, 5) is 4.98. The molecular weight excluding hydrogens is 593 g/mol. The van der Waals surface area contributed by atoms with E-state index < -0.39 is 22.6 Å². The number of rotatable bonds is 7. The zero-order valence-corrected chi connectivity index (χ0v) is 25.9. The van der Waals surface area contributed by atoms with E-state index in [1.54, 1.807) is 6.07 Å². The van der Waals surface area contributed by atoms with Gasteiger partial charge in [0.25, 0.3) is 0 Å². The van der Waals surface area contributed by atoms with E-state index in [4.69, 9.17) is 15.2 Å². The van der Waals surface area contributed by atoms with Crippen LogP contribution in [0.2, 0.25) is 0 Å². The maximum absolute atomic E-state index is 13.7. The van der Waals surface area contributed by atoms with Crippen molar-refractivity contribution in [1.82, 2.24) is 14.4 Å². The highest BCUT2D eigenvalue weighted by Crippen LogP contribution is 2.41. The number of aromatic nitrogens is 1. The number of fused-ring (bicyclic) bond motifs is 1. The molecule has 1 saturated carbocycles. The quantitative estimate of drug-likeness (QED) is 0.371. The van der Waals surface area contributed by atoms with Crippen LogP contribution in [0.4, 0.5) is 18.9 Å². The summed E-state index contributed by atoms with van der Waals surface area (Å²) in [6.45, 7) is 2.80. The van der Waals surface area contributed by atoms with Crippen molar-refractivity contribution in [3.05, 3.63) is 40.5 Å². The van der Waals surface area contributed by atoms with E-state index in [2.05, 4.69) is 28.7 Å². The Morgan fingerprint density at radius 3 is 2.50 bits per heavy atom. The van der Waals surface area contributed by atoms with Gasteiger partial charge in [-0.2, -0.15) is 13.2 Å². The number of nitrogens with two attached hydrogens (primary N) is 1. The standard InChI is InChI=1S/C32H39F3N4O4S/c1-37(22-8-10-23(11-9-22)38-17-31(18-38)20-42-21-31)28-6-3-7-29-26(28)15-24(39(29)19-32(33,34)35)5-4-14-43-30-13-12-25(16-27(30)36)44(2,40)41/h7,12-13,15-16,22-23H,3,6,8-11,14,17-21,36H2,1-2H3. The highest BCUT2D eigenvalue weighted by Gasteiger charge is 2.51. The molecule has 4 aliphatic rings. The number of ether oxygens (including phenoxy) is 2. The Morgan fingerprint density at radius 1 is 1.16 bits per heavy atom. The van der Waals surface area contributed by atoms with Crippen LogP contribution in [0.3, 0.4) is 0 Å². The second kappa shape index (κ2) is 11.7. The number of alkyl halides is 3. The normalized spacial score (nSPS) is 23.1. The van der Waals surface area contributed by atoms with Gasteiger partial charge in [-0.1, -0.05) is 12.0 Å². The summed E-state index contributed by atoms with van der Waals surface area (Å²) in [5.41, 5.74) is 7.83. The van der Waals surface area contributed by atoms with Gasteiger partial charge in [0.15, 0.2) is 9.84 Å². The number of hydrogen-bond acceptors (Lipinski definition) is 7. The van der Waals surface area contributed by atoms with Crippen molar-refractivity contribution in [3.8, 4) is 17.6 Å². The molecule has 2 aromatic rings. The summed E-state index contributed by atoms with van der Waals surface area (Å²) in [6, 6.07) is 6.87. The molecule has 8 nitrogen and oxygen atoms in total. The van der Waals surface area contributed by atoms with E-state index in [0.717, 1.165) is 75.6 Å². The summed E-state index contributed by atoms with van der Waals surface area (Å²) in [5, 5.41) is 1.37.